The molecule has 3 aromatic rings. The molecule has 0 radical (unpaired) electrons. The molecule has 1 N–H and O–H groups in total. The highest BCUT2D eigenvalue weighted by Crippen LogP contribution is 2.39. The van der Waals surface area contributed by atoms with Gasteiger partial charge in [0, 0.05) is 5.02 Å². The number of aryl methyl sites for hydroxylation is 1. The molecular formula is C19H15ClN2O4. The van der Waals surface area contributed by atoms with Crippen molar-refractivity contribution < 1.29 is 18.8 Å². The molecule has 0 bridgehead atoms. The van der Waals surface area contributed by atoms with E-state index in [-0.39, 0.29) is 12.3 Å². The van der Waals surface area contributed by atoms with E-state index in [9.17, 15) is 4.79 Å². The molecule has 0 aliphatic carbocycles. The molecule has 2 heterocycles. The van der Waals surface area contributed by atoms with Crippen LogP contribution in [-0.2, 0) is 6.61 Å². The van der Waals surface area contributed by atoms with E-state index in [4.69, 9.17) is 25.6 Å². The number of amides is 1. The van der Waals surface area contributed by atoms with Gasteiger partial charge in [-0.15, -0.1) is 0 Å². The van der Waals surface area contributed by atoms with Crippen LogP contribution in [-0.4, -0.2) is 18.2 Å². The van der Waals surface area contributed by atoms with Gasteiger partial charge in [-0.3, -0.25) is 4.79 Å². The molecule has 0 unspecified atom stereocenters. The Morgan fingerprint density at radius 1 is 1.27 bits per heavy atom. The van der Waals surface area contributed by atoms with Crippen molar-refractivity contribution in [1.82, 2.24) is 5.16 Å². The van der Waals surface area contributed by atoms with E-state index in [1.807, 2.05) is 25.1 Å². The van der Waals surface area contributed by atoms with Crippen molar-refractivity contribution in [3.8, 4) is 22.8 Å². The fraction of sp³-hybridized carbons (Fsp3) is 0.158. The van der Waals surface area contributed by atoms with Crippen LogP contribution in [0.3, 0.4) is 0 Å². The maximum Gasteiger partial charge on any atom is 0.278 e. The molecule has 132 valence electrons. The molecule has 2 aromatic carbocycles. The lowest BCUT2D eigenvalue weighted by Crippen LogP contribution is -2.17. The molecule has 6 nitrogen and oxygen atoms in total. The first-order valence-corrected chi connectivity index (χ1v) is 8.32. The second kappa shape index (κ2) is 6.38. The summed E-state index contributed by atoms with van der Waals surface area (Å²) in [6.07, 6.45) is 0. The Kier molecular flexibility index (Phi) is 4.05. The SMILES string of the molecule is COc1ccc(Cl)cc1NC(=O)c1noc2c1COc1ccc(C)cc1-2. The zero-order chi connectivity index (χ0) is 18.3. The summed E-state index contributed by atoms with van der Waals surface area (Å²) in [5.74, 6) is 1.34. The first-order valence-electron chi connectivity index (χ1n) is 7.94. The van der Waals surface area contributed by atoms with Crippen LogP contribution in [0.15, 0.2) is 40.9 Å². The van der Waals surface area contributed by atoms with Crippen LogP contribution in [0.25, 0.3) is 11.3 Å². The summed E-state index contributed by atoms with van der Waals surface area (Å²) >= 11 is 6.01. The summed E-state index contributed by atoms with van der Waals surface area (Å²) in [6, 6.07) is 10.8. The summed E-state index contributed by atoms with van der Waals surface area (Å²) in [5, 5.41) is 7.21. The van der Waals surface area contributed by atoms with Gasteiger partial charge in [-0.2, -0.15) is 0 Å². The van der Waals surface area contributed by atoms with E-state index in [1.54, 1.807) is 18.2 Å². The summed E-state index contributed by atoms with van der Waals surface area (Å²) < 4.78 is 16.5. The number of nitrogens with one attached hydrogen (secondary N) is 1. The fourth-order valence-electron chi connectivity index (χ4n) is 2.89. The van der Waals surface area contributed by atoms with Gasteiger partial charge < -0.3 is 19.3 Å². The zero-order valence-electron chi connectivity index (χ0n) is 14.1. The number of carbonyl (C=O) groups is 1. The summed E-state index contributed by atoms with van der Waals surface area (Å²) in [6.45, 7) is 2.19. The van der Waals surface area contributed by atoms with Crippen LogP contribution in [0.2, 0.25) is 5.02 Å². The van der Waals surface area contributed by atoms with Crippen molar-refractivity contribution in [3.63, 3.8) is 0 Å². The Hall–Kier alpha value is -2.99. The number of aromatic nitrogens is 1. The van der Waals surface area contributed by atoms with Crippen molar-refractivity contribution in [2.24, 2.45) is 0 Å². The van der Waals surface area contributed by atoms with Crippen LogP contribution in [0, 0.1) is 6.92 Å². The molecular weight excluding hydrogens is 356 g/mol. The highest BCUT2D eigenvalue weighted by Gasteiger charge is 2.29. The van der Waals surface area contributed by atoms with Crippen LogP contribution < -0.4 is 14.8 Å². The highest BCUT2D eigenvalue weighted by molar-refractivity contribution is 6.31. The van der Waals surface area contributed by atoms with Gasteiger partial charge in [-0.1, -0.05) is 28.4 Å². The monoisotopic (exact) mass is 370 g/mol. The molecule has 1 aromatic heterocycles. The van der Waals surface area contributed by atoms with Crippen LogP contribution >= 0.6 is 11.6 Å². The minimum Gasteiger partial charge on any atom is -0.495 e. The third-order valence-corrected chi connectivity index (χ3v) is 4.40. The van der Waals surface area contributed by atoms with Crippen molar-refractivity contribution in [2.45, 2.75) is 13.5 Å². The third kappa shape index (κ3) is 2.78. The number of carbonyl (C=O) groups excluding carboxylic acids is 1. The van der Waals surface area contributed by atoms with Gasteiger partial charge in [0.1, 0.15) is 18.1 Å². The Balaban J connectivity index is 1.69. The first kappa shape index (κ1) is 16.5. The quantitative estimate of drug-likeness (QED) is 0.737. The lowest BCUT2D eigenvalue weighted by atomic mass is 10.0. The first-order chi connectivity index (χ1) is 12.6. The minimum absolute atomic E-state index is 0.175. The third-order valence-electron chi connectivity index (χ3n) is 4.16. The van der Waals surface area contributed by atoms with Gasteiger partial charge in [-0.05, 0) is 37.3 Å². The highest BCUT2D eigenvalue weighted by atomic mass is 35.5. The zero-order valence-corrected chi connectivity index (χ0v) is 14.9. The Morgan fingerprint density at radius 2 is 2.12 bits per heavy atom. The Labute approximate surface area is 154 Å². The largest absolute Gasteiger partial charge is 0.495 e. The van der Waals surface area contributed by atoms with Crippen LogP contribution in [0.5, 0.6) is 11.5 Å². The Bertz CT molecular complexity index is 1010. The number of hydrogen-bond acceptors (Lipinski definition) is 5. The lowest BCUT2D eigenvalue weighted by Gasteiger charge is -2.17. The standard InChI is InChI=1S/C19H15ClN2O4/c1-10-3-5-15-12(7-10)18-13(9-25-15)17(22-26-18)19(23)21-14-8-11(20)4-6-16(14)24-2/h3-8H,9H2,1-2H3,(H,21,23). The molecule has 0 saturated heterocycles. The van der Waals surface area contributed by atoms with Crippen molar-refractivity contribution >= 4 is 23.2 Å². The van der Waals surface area contributed by atoms with Gasteiger partial charge in [0.15, 0.2) is 11.5 Å². The van der Waals surface area contributed by atoms with Gasteiger partial charge in [0.05, 0.1) is 23.9 Å². The number of rotatable bonds is 3. The van der Waals surface area contributed by atoms with E-state index in [0.29, 0.717) is 33.5 Å². The van der Waals surface area contributed by atoms with Crippen molar-refractivity contribution in [2.75, 3.05) is 12.4 Å². The van der Waals surface area contributed by atoms with Gasteiger partial charge in [0.2, 0.25) is 0 Å². The van der Waals surface area contributed by atoms with Gasteiger partial charge in [0.25, 0.3) is 5.91 Å². The summed E-state index contributed by atoms with van der Waals surface area (Å²) in [5.41, 5.74) is 3.09. The normalized spacial score (nSPS) is 12.0. The van der Waals surface area contributed by atoms with Crippen molar-refractivity contribution in [3.05, 3.63) is 58.2 Å². The summed E-state index contributed by atoms with van der Waals surface area (Å²) in [4.78, 5) is 12.7. The number of hydrogen-bond donors (Lipinski definition) is 1. The maximum atomic E-state index is 12.7. The molecule has 1 aliphatic rings. The van der Waals surface area contributed by atoms with Gasteiger partial charge in [-0.25, -0.2) is 0 Å². The molecule has 0 atom stereocenters. The van der Waals surface area contributed by atoms with E-state index in [1.165, 1.54) is 7.11 Å². The number of ether oxygens (including phenoxy) is 2. The second-order valence-corrected chi connectivity index (χ2v) is 6.36. The topological polar surface area (TPSA) is 73.6 Å². The predicted molar refractivity (Wildman–Crippen MR) is 97.0 cm³/mol. The molecule has 1 aliphatic heterocycles. The van der Waals surface area contributed by atoms with E-state index < -0.39 is 5.91 Å². The second-order valence-electron chi connectivity index (χ2n) is 5.93. The van der Waals surface area contributed by atoms with Crippen LogP contribution in [0.1, 0.15) is 21.6 Å². The molecule has 4 rings (SSSR count). The predicted octanol–water partition coefficient (Wildman–Crippen LogP) is 4.46. The average molecular weight is 371 g/mol. The number of anilines is 1. The molecule has 1 amide bonds. The van der Waals surface area contributed by atoms with E-state index in [0.717, 1.165) is 11.1 Å². The smallest absolute Gasteiger partial charge is 0.278 e. The number of nitrogens with zero attached hydrogens (tertiary/aromatic N) is 1. The lowest BCUT2D eigenvalue weighted by molar-refractivity contribution is 0.101. The minimum atomic E-state index is -0.421. The molecule has 0 fully saturated rings. The maximum absolute atomic E-state index is 12.7. The number of fused-ring (bicyclic) bond motifs is 3. The average Bonchev–Trinajstić information content (AvgIpc) is 3.06. The number of methoxy groups -OCH3 is 1. The fourth-order valence-corrected chi connectivity index (χ4v) is 3.06. The van der Waals surface area contributed by atoms with E-state index >= 15 is 0 Å². The molecule has 26 heavy (non-hydrogen) atoms. The molecule has 0 saturated carbocycles. The van der Waals surface area contributed by atoms with Crippen molar-refractivity contribution in [1.29, 1.82) is 0 Å². The van der Waals surface area contributed by atoms with Gasteiger partial charge >= 0.3 is 0 Å². The molecule has 7 heteroatoms. The Morgan fingerprint density at radius 3 is 2.92 bits per heavy atom. The number of benzene rings is 2. The number of halogens is 1. The van der Waals surface area contributed by atoms with Crippen LogP contribution in [0.4, 0.5) is 5.69 Å². The molecule has 0 spiro atoms. The van der Waals surface area contributed by atoms with E-state index in [2.05, 4.69) is 10.5 Å². The summed E-state index contributed by atoms with van der Waals surface area (Å²) in [7, 11) is 1.52.